The van der Waals surface area contributed by atoms with Crippen molar-refractivity contribution in [1.29, 1.82) is 0 Å². The monoisotopic (exact) mass is 249 g/mol. The third kappa shape index (κ3) is 2.06. The van der Waals surface area contributed by atoms with E-state index in [2.05, 4.69) is 15.9 Å². The van der Waals surface area contributed by atoms with Gasteiger partial charge in [-0.2, -0.15) is 0 Å². The van der Waals surface area contributed by atoms with Gasteiger partial charge < -0.3 is 5.73 Å². The highest BCUT2D eigenvalue weighted by Gasteiger charge is 2.10. The molecule has 0 aromatic heterocycles. The van der Waals surface area contributed by atoms with Crippen LogP contribution in [0.15, 0.2) is 33.6 Å². The molecule has 3 nitrogen and oxygen atoms in total. The number of nitrogens with two attached hydrogens (primary N) is 1. The Labute approximate surface area is 79.6 Å². The van der Waals surface area contributed by atoms with Gasteiger partial charge in [0, 0.05) is 4.47 Å². The molecule has 12 heavy (non-hydrogen) atoms. The Morgan fingerprint density at radius 2 is 1.75 bits per heavy atom. The average Bonchev–Trinajstić information content (AvgIpc) is 2.05. The van der Waals surface area contributed by atoms with Crippen LogP contribution in [0.5, 0.6) is 0 Å². The van der Waals surface area contributed by atoms with Crippen LogP contribution in [0, 0.1) is 0 Å². The minimum absolute atomic E-state index is 0.258. The largest absolute Gasteiger partial charge is 0.317 e. The Kier molecular flexibility index (Phi) is 2.87. The summed E-state index contributed by atoms with van der Waals surface area (Å²) in [6.07, 6.45) is 0. The summed E-state index contributed by atoms with van der Waals surface area (Å²) in [6.45, 7) is 0. The van der Waals surface area contributed by atoms with Gasteiger partial charge in [-0.1, -0.05) is 15.9 Å². The lowest BCUT2D eigenvalue weighted by Crippen LogP contribution is -2.14. The maximum absolute atomic E-state index is 11.2. The minimum atomic E-state index is -3.26. The van der Waals surface area contributed by atoms with E-state index in [1.54, 1.807) is 12.1 Å². The summed E-state index contributed by atoms with van der Waals surface area (Å²) >= 11 is 3.21. The molecule has 1 rings (SSSR count). The van der Waals surface area contributed by atoms with Crippen LogP contribution >= 0.6 is 15.9 Å². The van der Waals surface area contributed by atoms with Gasteiger partial charge in [-0.3, -0.25) is 0 Å². The number of rotatable bonds is 2. The molecule has 0 fully saturated rings. The van der Waals surface area contributed by atoms with Gasteiger partial charge in [0.15, 0.2) is 9.84 Å². The van der Waals surface area contributed by atoms with Gasteiger partial charge >= 0.3 is 0 Å². The van der Waals surface area contributed by atoms with Crippen LogP contribution in [0.4, 0.5) is 0 Å². The Morgan fingerprint density at radius 3 is 2.17 bits per heavy atom. The second-order valence-electron chi connectivity index (χ2n) is 2.24. The Morgan fingerprint density at radius 1 is 1.25 bits per heavy atom. The van der Waals surface area contributed by atoms with Gasteiger partial charge in [0.2, 0.25) is 0 Å². The van der Waals surface area contributed by atoms with Crippen LogP contribution in [-0.4, -0.2) is 14.3 Å². The molecule has 0 heterocycles. The zero-order chi connectivity index (χ0) is 9.19. The molecule has 0 saturated heterocycles. The molecule has 0 aliphatic heterocycles. The third-order valence-corrected chi connectivity index (χ3v) is 3.35. The predicted octanol–water partition coefficient (Wildman–Crippen LogP) is 1.14. The SMILES string of the molecule is NCS(=O)(=O)c1ccc(Br)cc1. The molecule has 0 saturated carbocycles. The van der Waals surface area contributed by atoms with Gasteiger partial charge in [0.1, 0.15) is 5.88 Å². The van der Waals surface area contributed by atoms with Crippen molar-refractivity contribution in [3.8, 4) is 0 Å². The van der Waals surface area contributed by atoms with Crippen molar-refractivity contribution in [1.82, 2.24) is 0 Å². The quantitative estimate of drug-likeness (QED) is 0.856. The van der Waals surface area contributed by atoms with Gasteiger partial charge in [0.05, 0.1) is 4.90 Å². The maximum atomic E-state index is 11.2. The van der Waals surface area contributed by atoms with Crippen LogP contribution in [0.3, 0.4) is 0 Å². The summed E-state index contributed by atoms with van der Waals surface area (Å²) in [6, 6.07) is 6.38. The average molecular weight is 250 g/mol. The third-order valence-electron chi connectivity index (χ3n) is 1.39. The highest BCUT2D eigenvalue weighted by molar-refractivity contribution is 9.10. The minimum Gasteiger partial charge on any atom is -0.317 e. The van der Waals surface area contributed by atoms with E-state index in [0.29, 0.717) is 0 Å². The summed E-state index contributed by atoms with van der Waals surface area (Å²) in [7, 11) is -3.26. The summed E-state index contributed by atoms with van der Waals surface area (Å²) in [5.74, 6) is -0.353. The summed E-state index contributed by atoms with van der Waals surface area (Å²) in [5.41, 5.74) is 5.08. The second kappa shape index (κ2) is 3.55. The zero-order valence-corrected chi connectivity index (χ0v) is 8.60. The van der Waals surface area contributed by atoms with Crippen LogP contribution < -0.4 is 5.73 Å². The van der Waals surface area contributed by atoms with Gasteiger partial charge in [-0.25, -0.2) is 8.42 Å². The molecule has 0 aliphatic rings. The molecular formula is C7H8BrNO2S. The van der Waals surface area contributed by atoms with E-state index in [9.17, 15) is 8.42 Å². The first-order valence-corrected chi connectivity index (χ1v) is 5.69. The van der Waals surface area contributed by atoms with E-state index < -0.39 is 9.84 Å². The van der Waals surface area contributed by atoms with Gasteiger partial charge in [-0.05, 0) is 24.3 Å². The Hall–Kier alpha value is -0.390. The molecule has 0 atom stereocenters. The highest BCUT2D eigenvalue weighted by atomic mass is 79.9. The van der Waals surface area contributed by atoms with E-state index in [-0.39, 0.29) is 10.8 Å². The molecule has 5 heteroatoms. The molecule has 0 unspecified atom stereocenters. The van der Waals surface area contributed by atoms with E-state index >= 15 is 0 Å². The lowest BCUT2D eigenvalue weighted by atomic mass is 10.4. The van der Waals surface area contributed by atoms with Crippen LogP contribution in [0.25, 0.3) is 0 Å². The topological polar surface area (TPSA) is 60.2 Å². The first-order valence-electron chi connectivity index (χ1n) is 3.24. The first kappa shape index (κ1) is 9.70. The first-order chi connectivity index (χ1) is 5.56. The fourth-order valence-corrected chi connectivity index (χ4v) is 1.75. The molecule has 0 spiro atoms. The molecule has 0 radical (unpaired) electrons. The number of hydrogen-bond acceptors (Lipinski definition) is 3. The van der Waals surface area contributed by atoms with E-state index in [1.807, 2.05) is 0 Å². The molecule has 0 amide bonds. The molecule has 2 N–H and O–H groups in total. The summed E-state index contributed by atoms with van der Waals surface area (Å²) < 4.78 is 23.2. The number of hydrogen-bond donors (Lipinski definition) is 1. The van der Waals surface area contributed by atoms with Crippen LogP contribution in [-0.2, 0) is 9.84 Å². The molecule has 1 aromatic carbocycles. The fourth-order valence-electron chi connectivity index (χ4n) is 0.738. The lowest BCUT2D eigenvalue weighted by Gasteiger charge is -1.99. The van der Waals surface area contributed by atoms with Crippen LogP contribution in [0.2, 0.25) is 0 Å². The van der Waals surface area contributed by atoms with Crippen molar-refractivity contribution in [3.63, 3.8) is 0 Å². The number of benzene rings is 1. The zero-order valence-electron chi connectivity index (χ0n) is 6.20. The van der Waals surface area contributed by atoms with Crippen molar-refractivity contribution < 1.29 is 8.42 Å². The van der Waals surface area contributed by atoms with Crippen LogP contribution in [0.1, 0.15) is 0 Å². The Bertz CT molecular complexity index is 357. The smallest absolute Gasteiger partial charge is 0.191 e. The molecule has 0 bridgehead atoms. The molecular weight excluding hydrogens is 242 g/mol. The standard InChI is InChI=1S/C7H8BrNO2S/c8-6-1-3-7(4-2-6)12(10,11)5-9/h1-4H,5,9H2. The highest BCUT2D eigenvalue weighted by Crippen LogP contribution is 2.14. The van der Waals surface area contributed by atoms with E-state index in [4.69, 9.17) is 5.73 Å². The predicted molar refractivity (Wildman–Crippen MR) is 50.4 cm³/mol. The normalized spacial score (nSPS) is 11.5. The summed E-state index contributed by atoms with van der Waals surface area (Å²) in [5, 5.41) is 0. The van der Waals surface area contributed by atoms with Gasteiger partial charge in [0.25, 0.3) is 0 Å². The number of halogens is 1. The summed E-state index contributed by atoms with van der Waals surface area (Å²) in [4.78, 5) is 0.258. The fraction of sp³-hybridized carbons (Fsp3) is 0.143. The second-order valence-corrected chi connectivity index (χ2v) is 5.19. The molecule has 1 aromatic rings. The maximum Gasteiger partial charge on any atom is 0.191 e. The number of sulfone groups is 1. The Balaban J connectivity index is 3.14. The van der Waals surface area contributed by atoms with E-state index in [1.165, 1.54) is 12.1 Å². The van der Waals surface area contributed by atoms with Crippen molar-refractivity contribution >= 4 is 25.8 Å². The van der Waals surface area contributed by atoms with Crippen molar-refractivity contribution in [3.05, 3.63) is 28.7 Å². The molecule has 66 valence electrons. The van der Waals surface area contributed by atoms with E-state index in [0.717, 1.165) is 4.47 Å². The van der Waals surface area contributed by atoms with Crippen molar-refractivity contribution in [2.75, 3.05) is 5.88 Å². The van der Waals surface area contributed by atoms with Crippen molar-refractivity contribution in [2.45, 2.75) is 4.90 Å². The van der Waals surface area contributed by atoms with Gasteiger partial charge in [-0.15, -0.1) is 0 Å². The lowest BCUT2D eigenvalue weighted by molar-refractivity contribution is 0.596. The molecule has 0 aliphatic carbocycles. The van der Waals surface area contributed by atoms with Crippen molar-refractivity contribution in [2.24, 2.45) is 5.73 Å².